The van der Waals surface area contributed by atoms with Gasteiger partial charge in [0, 0.05) is 18.8 Å². The van der Waals surface area contributed by atoms with Crippen LogP contribution < -0.4 is 5.32 Å². The third kappa shape index (κ3) is 5.19. The number of nitrogens with one attached hydrogen (secondary N) is 1. The van der Waals surface area contributed by atoms with Gasteiger partial charge in [0.05, 0.1) is 12.7 Å². The van der Waals surface area contributed by atoms with Crippen LogP contribution in [-0.4, -0.2) is 26.7 Å². The van der Waals surface area contributed by atoms with Crippen LogP contribution in [0.4, 0.5) is 5.69 Å². The Balaban J connectivity index is 1.80. The fraction of sp³-hybridized carbons (Fsp3) is 0.500. The summed E-state index contributed by atoms with van der Waals surface area (Å²) >= 11 is 0. The van der Waals surface area contributed by atoms with Crippen molar-refractivity contribution in [3.8, 4) is 0 Å². The minimum atomic E-state index is 0.178. The normalized spacial score (nSPS) is 10.8. The molecule has 1 aromatic heterocycles. The molecule has 1 aromatic carbocycles. The summed E-state index contributed by atoms with van der Waals surface area (Å²) in [4.78, 5) is 0. The summed E-state index contributed by atoms with van der Waals surface area (Å²) in [7, 11) is 0. The molecule has 0 unspecified atom stereocenters. The standard InChI is InChI=1S/C16H24N4O/c1-2-3-5-14-6-8-15(9-7-14)17-12-16-13-20(19-18-16)10-4-11-21/h6-9,13,17,21H,2-5,10-12H2,1H3. The number of rotatable bonds is 9. The Morgan fingerprint density at radius 1 is 1.19 bits per heavy atom. The third-order valence-corrected chi connectivity index (χ3v) is 3.38. The van der Waals surface area contributed by atoms with E-state index in [0.717, 1.165) is 17.8 Å². The number of hydrogen-bond acceptors (Lipinski definition) is 4. The zero-order chi connectivity index (χ0) is 14.9. The first kappa shape index (κ1) is 15.5. The first-order valence-corrected chi connectivity index (χ1v) is 7.64. The van der Waals surface area contributed by atoms with E-state index < -0.39 is 0 Å². The van der Waals surface area contributed by atoms with E-state index >= 15 is 0 Å². The van der Waals surface area contributed by atoms with Crippen molar-refractivity contribution in [3.05, 3.63) is 41.7 Å². The van der Waals surface area contributed by atoms with E-state index in [0.29, 0.717) is 19.5 Å². The maximum Gasteiger partial charge on any atom is 0.102 e. The highest BCUT2D eigenvalue weighted by atomic mass is 16.3. The van der Waals surface area contributed by atoms with E-state index in [-0.39, 0.29) is 6.61 Å². The number of nitrogens with zero attached hydrogens (tertiary/aromatic N) is 3. The van der Waals surface area contributed by atoms with Crippen LogP contribution in [0.2, 0.25) is 0 Å². The molecule has 21 heavy (non-hydrogen) atoms. The van der Waals surface area contributed by atoms with E-state index in [9.17, 15) is 0 Å². The van der Waals surface area contributed by atoms with Crippen LogP contribution in [-0.2, 0) is 19.5 Å². The van der Waals surface area contributed by atoms with Crippen LogP contribution in [0, 0.1) is 0 Å². The monoisotopic (exact) mass is 288 g/mol. The molecular weight excluding hydrogens is 264 g/mol. The Bertz CT molecular complexity index is 521. The summed E-state index contributed by atoms with van der Waals surface area (Å²) in [5.41, 5.74) is 3.39. The van der Waals surface area contributed by atoms with Crippen LogP contribution in [0.3, 0.4) is 0 Å². The molecule has 2 rings (SSSR count). The molecule has 0 spiro atoms. The number of aliphatic hydroxyl groups is 1. The van der Waals surface area contributed by atoms with E-state index in [2.05, 4.69) is 46.8 Å². The molecule has 5 nitrogen and oxygen atoms in total. The maximum absolute atomic E-state index is 8.79. The van der Waals surface area contributed by atoms with Crippen molar-refractivity contribution < 1.29 is 5.11 Å². The predicted octanol–water partition coefficient (Wildman–Crippen LogP) is 2.62. The molecule has 0 aliphatic carbocycles. The average molecular weight is 288 g/mol. The second-order valence-corrected chi connectivity index (χ2v) is 5.20. The number of aliphatic hydroxyl groups excluding tert-OH is 1. The number of anilines is 1. The lowest BCUT2D eigenvalue weighted by Gasteiger charge is -2.05. The van der Waals surface area contributed by atoms with E-state index in [1.807, 2.05) is 6.20 Å². The number of benzene rings is 1. The molecule has 0 aliphatic rings. The van der Waals surface area contributed by atoms with Crippen molar-refractivity contribution in [1.29, 1.82) is 0 Å². The smallest absolute Gasteiger partial charge is 0.102 e. The van der Waals surface area contributed by atoms with Crippen LogP contribution >= 0.6 is 0 Å². The molecule has 0 aliphatic heterocycles. The molecule has 0 bridgehead atoms. The summed E-state index contributed by atoms with van der Waals surface area (Å²) < 4.78 is 1.76. The van der Waals surface area contributed by atoms with Gasteiger partial charge in [-0.25, -0.2) is 0 Å². The molecule has 114 valence electrons. The molecule has 5 heteroatoms. The summed E-state index contributed by atoms with van der Waals surface area (Å²) in [6.07, 6.45) is 6.24. The van der Waals surface area contributed by atoms with Crippen LogP contribution in [0.1, 0.15) is 37.4 Å². The second-order valence-electron chi connectivity index (χ2n) is 5.20. The maximum atomic E-state index is 8.79. The Hall–Kier alpha value is -1.88. The molecule has 0 amide bonds. The Morgan fingerprint density at radius 2 is 2.00 bits per heavy atom. The molecule has 0 atom stereocenters. The minimum absolute atomic E-state index is 0.178. The van der Waals surface area contributed by atoms with E-state index in [1.54, 1.807) is 4.68 Å². The fourth-order valence-electron chi connectivity index (χ4n) is 2.12. The van der Waals surface area contributed by atoms with Gasteiger partial charge in [-0.05, 0) is 37.0 Å². The van der Waals surface area contributed by atoms with E-state index in [1.165, 1.54) is 18.4 Å². The van der Waals surface area contributed by atoms with Gasteiger partial charge in [0.15, 0.2) is 0 Å². The van der Waals surface area contributed by atoms with Gasteiger partial charge in [-0.1, -0.05) is 30.7 Å². The van der Waals surface area contributed by atoms with Crippen molar-refractivity contribution in [2.45, 2.75) is 45.7 Å². The molecule has 2 N–H and O–H groups in total. The zero-order valence-electron chi connectivity index (χ0n) is 12.6. The van der Waals surface area contributed by atoms with Gasteiger partial charge < -0.3 is 10.4 Å². The quantitative estimate of drug-likeness (QED) is 0.744. The van der Waals surface area contributed by atoms with Gasteiger partial charge in [-0.2, -0.15) is 0 Å². The lowest BCUT2D eigenvalue weighted by atomic mass is 10.1. The van der Waals surface area contributed by atoms with Gasteiger partial charge in [-0.15, -0.1) is 5.10 Å². The van der Waals surface area contributed by atoms with Gasteiger partial charge in [0.25, 0.3) is 0 Å². The topological polar surface area (TPSA) is 63.0 Å². The molecule has 0 fully saturated rings. The Labute approximate surface area is 126 Å². The largest absolute Gasteiger partial charge is 0.396 e. The lowest BCUT2D eigenvalue weighted by molar-refractivity contribution is 0.276. The molecular formula is C16H24N4O. The number of hydrogen-bond donors (Lipinski definition) is 2. The van der Waals surface area contributed by atoms with Gasteiger partial charge in [0.2, 0.25) is 0 Å². The SMILES string of the molecule is CCCCc1ccc(NCc2cn(CCCO)nn2)cc1. The number of unbranched alkanes of at least 4 members (excludes halogenated alkanes) is 1. The first-order valence-electron chi connectivity index (χ1n) is 7.64. The van der Waals surface area contributed by atoms with Crippen molar-refractivity contribution in [2.75, 3.05) is 11.9 Å². The van der Waals surface area contributed by atoms with Crippen molar-refractivity contribution in [3.63, 3.8) is 0 Å². The molecule has 1 heterocycles. The minimum Gasteiger partial charge on any atom is -0.396 e. The first-order chi connectivity index (χ1) is 10.3. The highest BCUT2D eigenvalue weighted by Crippen LogP contribution is 2.12. The molecule has 2 aromatic rings. The summed E-state index contributed by atoms with van der Waals surface area (Å²) in [5.74, 6) is 0. The second kappa shape index (κ2) is 8.42. The van der Waals surface area contributed by atoms with Crippen LogP contribution in [0.25, 0.3) is 0 Å². The summed E-state index contributed by atoms with van der Waals surface area (Å²) in [6, 6.07) is 8.58. The van der Waals surface area contributed by atoms with E-state index in [4.69, 9.17) is 5.11 Å². The Kier molecular flexibility index (Phi) is 6.22. The van der Waals surface area contributed by atoms with Gasteiger partial charge >= 0.3 is 0 Å². The fourth-order valence-corrected chi connectivity index (χ4v) is 2.12. The van der Waals surface area contributed by atoms with Crippen molar-refractivity contribution >= 4 is 5.69 Å². The highest BCUT2D eigenvalue weighted by Gasteiger charge is 2.01. The lowest BCUT2D eigenvalue weighted by Crippen LogP contribution is -2.01. The Morgan fingerprint density at radius 3 is 2.71 bits per heavy atom. The number of aryl methyl sites for hydroxylation is 2. The zero-order valence-corrected chi connectivity index (χ0v) is 12.6. The number of aromatic nitrogens is 3. The van der Waals surface area contributed by atoms with Gasteiger partial charge in [0.1, 0.15) is 5.69 Å². The molecule has 0 radical (unpaired) electrons. The molecule has 0 saturated carbocycles. The van der Waals surface area contributed by atoms with Gasteiger partial charge in [-0.3, -0.25) is 4.68 Å². The van der Waals surface area contributed by atoms with Crippen molar-refractivity contribution in [1.82, 2.24) is 15.0 Å². The van der Waals surface area contributed by atoms with Crippen LogP contribution in [0.15, 0.2) is 30.5 Å². The average Bonchev–Trinajstić information content (AvgIpc) is 2.98. The van der Waals surface area contributed by atoms with Crippen LogP contribution in [0.5, 0.6) is 0 Å². The highest BCUT2D eigenvalue weighted by molar-refractivity contribution is 5.44. The summed E-state index contributed by atoms with van der Waals surface area (Å²) in [6.45, 7) is 3.75. The summed E-state index contributed by atoms with van der Waals surface area (Å²) in [5, 5.41) is 20.3. The molecule has 0 saturated heterocycles. The van der Waals surface area contributed by atoms with Crippen molar-refractivity contribution in [2.24, 2.45) is 0 Å². The predicted molar refractivity (Wildman–Crippen MR) is 84.1 cm³/mol. The third-order valence-electron chi connectivity index (χ3n) is 3.38.